The van der Waals surface area contributed by atoms with Crippen LogP contribution in [0.5, 0.6) is 0 Å². The van der Waals surface area contributed by atoms with Crippen LogP contribution in [-0.2, 0) is 12.6 Å². The van der Waals surface area contributed by atoms with E-state index in [9.17, 15) is 13.2 Å². The molecule has 7 heteroatoms. The number of nitrogens with one attached hydrogen (secondary N) is 1. The number of aryl methyl sites for hydroxylation is 1. The first kappa shape index (κ1) is 20.2. The molecule has 0 atom stereocenters. The van der Waals surface area contributed by atoms with E-state index in [1.165, 1.54) is 0 Å². The Morgan fingerprint density at radius 3 is 2.36 bits per heavy atom. The first-order valence-corrected chi connectivity index (χ1v) is 9.05. The number of nitrogens with zero attached hydrogens (tertiary/aromatic N) is 1. The Balaban J connectivity index is 1.92. The smallest absolute Gasteiger partial charge is 0.396 e. The van der Waals surface area contributed by atoms with Gasteiger partial charge in [-0.3, -0.25) is 0 Å². The Labute approximate surface area is 165 Å². The summed E-state index contributed by atoms with van der Waals surface area (Å²) in [6.07, 6.45) is -3.17. The molecule has 0 bridgehead atoms. The van der Waals surface area contributed by atoms with Crippen molar-refractivity contribution in [2.24, 2.45) is 0 Å². The summed E-state index contributed by atoms with van der Waals surface area (Å²) in [5, 5.41) is 12.3. The average molecular weight is 407 g/mol. The molecule has 146 valence electrons. The van der Waals surface area contributed by atoms with Crippen LogP contribution in [0.25, 0.3) is 11.3 Å². The fraction of sp³-hybridized carbons (Fsp3) is 0.190. The number of alkyl halides is 3. The molecule has 0 aliphatic carbocycles. The summed E-state index contributed by atoms with van der Waals surface area (Å²) in [4.78, 5) is 3.76. The summed E-state index contributed by atoms with van der Waals surface area (Å²) in [6.45, 7) is 0.115. The van der Waals surface area contributed by atoms with E-state index < -0.39 is 11.9 Å². The molecule has 0 fully saturated rings. The van der Waals surface area contributed by atoms with Crippen molar-refractivity contribution in [3.8, 4) is 11.3 Å². The van der Waals surface area contributed by atoms with Crippen LogP contribution in [0.2, 0.25) is 5.02 Å². The number of rotatable bonds is 6. The van der Waals surface area contributed by atoms with E-state index >= 15 is 0 Å². The monoisotopic (exact) mass is 406 g/mol. The van der Waals surface area contributed by atoms with Crippen molar-refractivity contribution < 1.29 is 18.3 Å². The van der Waals surface area contributed by atoms with E-state index in [2.05, 4.69) is 10.3 Å². The molecule has 2 N–H and O–H groups in total. The number of anilines is 2. The molecule has 0 spiro atoms. The highest BCUT2D eigenvalue weighted by atomic mass is 35.5. The van der Waals surface area contributed by atoms with Crippen LogP contribution in [0.4, 0.5) is 24.5 Å². The van der Waals surface area contributed by atoms with Gasteiger partial charge in [-0.15, -0.1) is 0 Å². The van der Waals surface area contributed by atoms with Crippen LogP contribution in [0, 0.1) is 0 Å². The van der Waals surface area contributed by atoms with Gasteiger partial charge in [0.15, 0.2) is 0 Å². The molecular formula is C21H18ClF3N2O. The minimum absolute atomic E-state index is 0.115. The second-order valence-electron chi connectivity index (χ2n) is 6.28. The van der Waals surface area contributed by atoms with Gasteiger partial charge in [0, 0.05) is 28.6 Å². The molecule has 28 heavy (non-hydrogen) atoms. The Kier molecular flexibility index (Phi) is 6.21. The van der Waals surface area contributed by atoms with Gasteiger partial charge in [0.1, 0.15) is 5.69 Å². The number of hydrogen-bond acceptors (Lipinski definition) is 3. The molecule has 0 aliphatic rings. The predicted molar refractivity (Wildman–Crippen MR) is 105 cm³/mol. The van der Waals surface area contributed by atoms with Gasteiger partial charge in [0.2, 0.25) is 0 Å². The Morgan fingerprint density at radius 2 is 1.71 bits per heavy atom. The lowest BCUT2D eigenvalue weighted by molar-refractivity contribution is -0.141. The predicted octanol–water partition coefficient (Wildman–Crippen LogP) is 6.09. The number of pyridine rings is 1. The van der Waals surface area contributed by atoms with Gasteiger partial charge in [-0.05, 0) is 54.8 Å². The van der Waals surface area contributed by atoms with Gasteiger partial charge in [0.25, 0.3) is 0 Å². The molecule has 0 aliphatic heterocycles. The molecule has 3 nitrogen and oxygen atoms in total. The van der Waals surface area contributed by atoms with E-state index in [0.717, 1.165) is 18.1 Å². The minimum Gasteiger partial charge on any atom is -0.396 e. The summed E-state index contributed by atoms with van der Waals surface area (Å²) in [7, 11) is 0. The third-order valence-corrected chi connectivity index (χ3v) is 4.34. The molecule has 0 saturated carbocycles. The van der Waals surface area contributed by atoms with E-state index in [0.29, 0.717) is 22.7 Å². The number of aliphatic hydroxyl groups is 1. The topological polar surface area (TPSA) is 45.1 Å². The quantitative estimate of drug-likeness (QED) is 0.520. The summed E-state index contributed by atoms with van der Waals surface area (Å²) >= 11 is 5.96. The first-order valence-electron chi connectivity index (χ1n) is 8.67. The van der Waals surface area contributed by atoms with Crippen LogP contribution in [-0.4, -0.2) is 16.7 Å². The normalized spacial score (nSPS) is 11.5. The Bertz CT molecular complexity index is 943. The maximum absolute atomic E-state index is 13.3. The maximum Gasteiger partial charge on any atom is 0.433 e. The Morgan fingerprint density at radius 1 is 0.964 bits per heavy atom. The molecule has 0 amide bonds. The molecule has 1 heterocycles. The van der Waals surface area contributed by atoms with Crippen molar-refractivity contribution >= 4 is 23.0 Å². The average Bonchev–Trinajstić information content (AvgIpc) is 2.66. The lowest BCUT2D eigenvalue weighted by Crippen LogP contribution is -2.09. The summed E-state index contributed by atoms with van der Waals surface area (Å²) in [5.74, 6) is 0. The van der Waals surface area contributed by atoms with Crippen molar-refractivity contribution in [3.63, 3.8) is 0 Å². The van der Waals surface area contributed by atoms with Gasteiger partial charge >= 0.3 is 6.18 Å². The summed E-state index contributed by atoms with van der Waals surface area (Å²) < 4.78 is 39.9. The van der Waals surface area contributed by atoms with Crippen LogP contribution in [0.1, 0.15) is 17.7 Å². The molecule has 0 radical (unpaired) electrons. The van der Waals surface area contributed by atoms with Gasteiger partial charge < -0.3 is 10.4 Å². The number of hydrogen-bond donors (Lipinski definition) is 2. The highest BCUT2D eigenvalue weighted by Crippen LogP contribution is 2.33. The fourth-order valence-corrected chi connectivity index (χ4v) is 2.94. The van der Waals surface area contributed by atoms with Crippen LogP contribution < -0.4 is 5.32 Å². The van der Waals surface area contributed by atoms with Crippen LogP contribution in [0.15, 0.2) is 60.7 Å². The van der Waals surface area contributed by atoms with E-state index in [1.54, 1.807) is 42.5 Å². The van der Waals surface area contributed by atoms with Gasteiger partial charge in [-0.2, -0.15) is 13.2 Å². The van der Waals surface area contributed by atoms with Crippen LogP contribution >= 0.6 is 11.6 Å². The minimum atomic E-state index is -4.57. The summed E-state index contributed by atoms with van der Waals surface area (Å²) in [5.41, 5.74) is 1.68. The van der Waals surface area contributed by atoms with Crippen molar-refractivity contribution in [2.45, 2.75) is 19.0 Å². The molecule has 0 saturated heterocycles. The third kappa shape index (κ3) is 5.24. The maximum atomic E-state index is 13.3. The van der Waals surface area contributed by atoms with E-state index in [4.69, 9.17) is 16.7 Å². The van der Waals surface area contributed by atoms with Crippen molar-refractivity contribution in [1.29, 1.82) is 0 Å². The highest BCUT2D eigenvalue weighted by molar-refractivity contribution is 6.30. The lowest BCUT2D eigenvalue weighted by Gasteiger charge is -2.13. The SMILES string of the molecule is OCCCc1ccc(Nc2cc(-c3cccc(Cl)c3)nc(C(F)(F)F)c2)cc1. The van der Waals surface area contributed by atoms with E-state index in [1.807, 2.05) is 12.1 Å². The second kappa shape index (κ2) is 8.63. The molecule has 3 aromatic rings. The van der Waals surface area contributed by atoms with Gasteiger partial charge in [-0.25, -0.2) is 4.98 Å². The zero-order valence-electron chi connectivity index (χ0n) is 14.8. The lowest BCUT2D eigenvalue weighted by atomic mass is 10.1. The zero-order chi connectivity index (χ0) is 20.1. The number of aromatic nitrogens is 1. The summed E-state index contributed by atoms with van der Waals surface area (Å²) in [6, 6.07) is 16.4. The van der Waals surface area contributed by atoms with Gasteiger partial charge in [0.05, 0.1) is 5.69 Å². The first-order chi connectivity index (χ1) is 13.3. The molecule has 3 rings (SSSR count). The number of aliphatic hydroxyl groups excluding tert-OH is 1. The number of benzene rings is 2. The molecule has 0 unspecified atom stereocenters. The fourth-order valence-electron chi connectivity index (χ4n) is 2.75. The molecule has 1 aromatic heterocycles. The Hall–Kier alpha value is -2.57. The highest BCUT2D eigenvalue weighted by Gasteiger charge is 2.33. The molecular weight excluding hydrogens is 389 g/mol. The number of halogens is 4. The van der Waals surface area contributed by atoms with Crippen molar-refractivity contribution in [3.05, 3.63) is 76.9 Å². The zero-order valence-corrected chi connectivity index (χ0v) is 15.6. The van der Waals surface area contributed by atoms with Crippen LogP contribution in [0.3, 0.4) is 0 Å². The van der Waals surface area contributed by atoms with E-state index in [-0.39, 0.29) is 18.0 Å². The van der Waals surface area contributed by atoms with Crippen molar-refractivity contribution in [1.82, 2.24) is 4.98 Å². The van der Waals surface area contributed by atoms with Crippen molar-refractivity contribution in [2.75, 3.05) is 11.9 Å². The standard InChI is InChI=1S/C21H18ClF3N2O/c22-16-5-1-4-15(11-16)19-12-18(13-20(27-19)21(23,24)25)26-17-8-6-14(7-9-17)3-2-10-28/h1,4-9,11-13,28H,2-3,10H2,(H,26,27). The second-order valence-corrected chi connectivity index (χ2v) is 6.72. The largest absolute Gasteiger partial charge is 0.433 e. The van der Waals surface area contributed by atoms with Gasteiger partial charge in [-0.1, -0.05) is 35.9 Å². The third-order valence-electron chi connectivity index (χ3n) is 4.10. The molecule has 2 aromatic carbocycles.